The van der Waals surface area contributed by atoms with Crippen molar-refractivity contribution in [2.45, 2.75) is 6.04 Å². The van der Waals surface area contributed by atoms with Crippen molar-refractivity contribution in [2.75, 3.05) is 42.5 Å². The van der Waals surface area contributed by atoms with Gasteiger partial charge in [-0.2, -0.15) is 0 Å². The first-order chi connectivity index (χ1) is 13.2. The minimum absolute atomic E-state index is 0.276. The summed E-state index contributed by atoms with van der Waals surface area (Å²) < 4.78 is 0. The standard InChI is InChI=1S/C23H26N4/c24-20-11-12-22(21(25)17-20)26-13-15-27(16-14-26)23(18-7-3-1-4-8-18)19-9-5-2-6-10-19/h1-12,17,23H,13-16,24-25H2. The minimum Gasteiger partial charge on any atom is -0.399 e. The zero-order valence-corrected chi connectivity index (χ0v) is 15.5. The second-order valence-corrected chi connectivity index (χ2v) is 7.07. The molecule has 4 N–H and O–H groups in total. The van der Waals surface area contributed by atoms with Gasteiger partial charge in [0.1, 0.15) is 0 Å². The summed E-state index contributed by atoms with van der Waals surface area (Å²) in [5.41, 5.74) is 17.3. The van der Waals surface area contributed by atoms with Gasteiger partial charge in [-0.05, 0) is 29.3 Å². The van der Waals surface area contributed by atoms with Gasteiger partial charge in [0.15, 0.2) is 0 Å². The van der Waals surface area contributed by atoms with Crippen molar-refractivity contribution in [1.82, 2.24) is 4.90 Å². The summed E-state index contributed by atoms with van der Waals surface area (Å²) in [6.45, 7) is 3.87. The highest BCUT2D eigenvalue weighted by atomic mass is 15.3. The van der Waals surface area contributed by atoms with E-state index in [2.05, 4.69) is 70.5 Å². The number of rotatable bonds is 4. The Kier molecular flexibility index (Phi) is 4.99. The van der Waals surface area contributed by atoms with E-state index in [0.717, 1.165) is 37.6 Å². The Labute approximate surface area is 161 Å². The van der Waals surface area contributed by atoms with Crippen LogP contribution in [0.4, 0.5) is 17.1 Å². The van der Waals surface area contributed by atoms with Gasteiger partial charge in [-0.3, -0.25) is 4.90 Å². The molecule has 4 heteroatoms. The molecule has 0 atom stereocenters. The highest BCUT2D eigenvalue weighted by molar-refractivity contribution is 5.72. The zero-order chi connectivity index (χ0) is 18.6. The van der Waals surface area contributed by atoms with Crippen LogP contribution in [0, 0.1) is 0 Å². The maximum Gasteiger partial charge on any atom is 0.0603 e. The van der Waals surface area contributed by atoms with Crippen molar-refractivity contribution in [3.05, 3.63) is 90.0 Å². The number of nitrogens with zero attached hydrogens (tertiary/aromatic N) is 2. The monoisotopic (exact) mass is 358 g/mol. The number of hydrogen-bond acceptors (Lipinski definition) is 4. The van der Waals surface area contributed by atoms with Crippen molar-refractivity contribution < 1.29 is 0 Å². The zero-order valence-electron chi connectivity index (χ0n) is 15.5. The van der Waals surface area contributed by atoms with Gasteiger partial charge in [-0.15, -0.1) is 0 Å². The van der Waals surface area contributed by atoms with Gasteiger partial charge >= 0.3 is 0 Å². The van der Waals surface area contributed by atoms with Gasteiger partial charge in [0.2, 0.25) is 0 Å². The van der Waals surface area contributed by atoms with Crippen LogP contribution in [0.1, 0.15) is 17.2 Å². The Balaban J connectivity index is 1.55. The number of nitrogen functional groups attached to an aromatic ring is 2. The number of benzene rings is 3. The van der Waals surface area contributed by atoms with Crippen molar-refractivity contribution in [3.8, 4) is 0 Å². The van der Waals surface area contributed by atoms with Crippen LogP contribution in [0.3, 0.4) is 0 Å². The first-order valence-corrected chi connectivity index (χ1v) is 9.46. The maximum absolute atomic E-state index is 6.19. The smallest absolute Gasteiger partial charge is 0.0603 e. The lowest BCUT2D eigenvalue weighted by atomic mass is 9.96. The third-order valence-electron chi connectivity index (χ3n) is 5.30. The highest BCUT2D eigenvalue weighted by Crippen LogP contribution is 2.32. The average Bonchev–Trinajstić information content (AvgIpc) is 2.71. The van der Waals surface area contributed by atoms with E-state index in [1.165, 1.54) is 11.1 Å². The molecule has 0 aliphatic carbocycles. The lowest BCUT2D eigenvalue weighted by Crippen LogP contribution is -2.48. The summed E-state index contributed by atoms with van der Waals surface area (Å²) >= 11 is 0. The molecule has 0 aromatic heterocycles. The molecule has 1 aliphatic rings. The van der Waals surface area contributed by atoms with E-state index in [0.29, 0.717) is 5.69 Å². The van der Waals surface area contributed by atoms with E-state index in [1.807, 2.05) is 18.2 Å². The van der Waals surface area contributed by atoms with Crippen molar-refractivity contribution >= 4 is 17.1 Å². The Morgan fingerprint density at radius 3 is 1.74 bits per heavy atom. The second kappa shape index (κ2) is 7.72. The lowest BCUT2D eigenvalue weighted by molar-refractivity contribution is 0.212. The van der Waals surface area contributed by atoms with Crippen molar-refractivity contribution in [2.24, 2.45) is 0 Å². The van der Waals surface area contributed by atoms with Crippen LogP contribution < -0.4 is 16.4 Å². The molecule has 1 saturated heterocycles. The highest BCUT2D eigenvalue weighted by Gasteiger charge is 2.26. The van der Waals surface area contributed by atoms with E-state index in [-0.39, 0.29) is 6.04 Å². The van der Waals surface area contributed by atoms with Crippen molar-refractivity contribution in [3.63, 3.8) is 0 Å². The van der Waals surface area contributed by atoms with E-state index >= 15 is 0 Å². The van der Waals surface area contributed by atoms with Gasteiger partial charge in [0.25, 0.3) is 0 Å². The molecule has 1 heterocycles. The maximum atomic E-state index is 6.19. The number of piperazine rings is 1. The van der Waals surface area contributed by atoms with Crippen LogP contribution in [0.25, 0.3) is 0 Å². The Morgan fingerprint density at radius 2 is 1.22 bits per heavy atom. The fourth-order valence-electron chi connectivity index (χ4n) is 3.97. The summed E-state index contributed by atoms with van der Waals surface area (Å²) in [5.74, 6) is 0. The number of nitrogens with two attached hydrogens (primary N) is 2. The quantitative estimate of drug-likeness (QED) is 0.697. The third kappa shape index (κ3) is 3.76. The summed E-state index contributed by atoms with van der Waals surface area (Å²) in [7, 11) is 0. The lowest BCUT2D eigenvalue weighted by Gasteiger charge is -2.41. The predicted octanol–water partition coefficient (Wildman–Crippen LogP) is 3.76. The Morgan fingerprint density at radius 1 is 0.667 bits per heavy atom. The molecule has 0 bridgehead atoms. The fourth-order valence-corrected chi connectivity index (χ4v) is 3.97. The molecule has 27 heavy (non-hydrogen) atoms. The van der Waals surface area contributed by atoms with E-state index in [1.54, 1.807) is 0 Å². The molecule has 4 rings (SSSR count). The van der Waals surface area contributed by atoms with E-state index < -0.39 is 0 Å². The Bertz CT molecular complexity index is 832. The molecule has 0 saturated carbocycles. The van der Waals surface area contributed by atoms with Gasteiger partial charge in [0, 0.05) is 31.9 Å². The van der Waals surface area contributed by atoms with Crippen LogP contribution in [-0.2, 0) is 0 Å². The van der Waals surface area contributed by atoms with Gasteiger partial charge < -0.3 is 16.4 Å². The van der Waals surface area contributed by atoms with Crippen LogP contribution >= 0.6 is 0 Å². The summed E-state index contributed by atoms with van der Waals surface area (Å²) in [6, 6.07) is 27.6. The fraction of sp³-hybridized carbons (Fsp3) is 0.217. The molecule has 138 valence electrons. The van der Waals surface area contributed by atoms with Crippen LogP contribution in [-0.4, -0.2) is 31.1 Å². The molecule has 4 nitrogen and oxygen atoms in total. The van der Waals surface area contributed by atoms with E-state index in [9.17, 15) is 0 Å². The molecule has 0 spiro atoms. The molecule has 1 fully saturated rings. The van der Waals surface area contributed by atoms with Crippen LogP contribution in [0.5, 0.6) is 0 Å². The van der Waals surface area contributed by atoms with Gasteiger partial charge in [-0.1, -0.05) is 60.7 Å². The Hall–Kier alpha value is -2.98. The third-order valence-corrected chi connectivity index (χ3v) is 5.30. The average molecular weight is 358 g/mol. The molecular formula is C23H26N4. The molecule has 1 aliphatic heterocycles. The normalized spacial score (nSPS) is 15.2. The van der Waals surface area contributed by atoms with Crippen molar-refractivity contribution in [1.29, 1.82) is 0 Å². The topological polar surface area (TPSA) is 58.5 Å². The minimum atomic E-state index is 0.276. The summed E-state index contributed by atoms with van der Waals surface area (Å²) in [6.07, 6.45) is 0. The molecule has 3 aromatic carbocycles. The van der Waals surface area contributed by atoms with Crippen LogP contribution in [0.15, 0.2) is 78.9 Å². The molecule has 0 radical (unpaired) electrons. The van der Waals surface area contributed by atoms with E-state index in [4.69, 9.17) is 11.5 Å². The first-order valence-electron chi connectivity index (χ1n) is 9.46. The summed E-state index contributed by atoms with van der Waals surface area (Å²) in [5, 5.41) is 0. The first kappa shape index (κ1) is 17.4. The second-order valence-electron chi connectivity index (χ2n) is 7.07. The number of hydrogen-bond donors (Lipinski definition) is 2. The summed E-state index contributed by atoms with van der Waals surface area (Å²) in [4.78, 5) is 4.92. The SMILES string of the molecule is Nc1ccc(N2CCN(C(c3ccccc3)c3ccccc3)CC2)c(N)c1. The molecule has 3 aromatic rings. The van der Waals surface area contributed by atoms with Crippen LogP contribution in [0.2, 0.25) is 0 Å². The largest absolute Gasteiger partial charge is 0.399 e. The van der Waals surface area contributed by atoms with Gasteiger partial charge in [0.05, 0.1) is 17.4 Å². The molecular weight excluding hydrogens is 332 g/mol. The molecule has 0 unspecified atom stereocenters. The van der Waals surface area contributed by atoms with Gasteiger partial charge in [-0.25, -0.2) is 0 Å². The number of anilines is 3. The predicted molar refractivity (Wildman–Crippen MR) is 114 cm³/mol. The molecule has 0 amide bonds.